The molecule has 0 N–H and O–H groups in total. The monoisotopic (exact) mass is 911 g/mol. The number of morpholine rings is 1. The highest BCUT2D eigenvalue weighted by Gasteiger charge is 2.27. The largest absolute Gasteiger partial charge is 0.379 e. The summed E-state index contributed by atoms with van der Waals surface area (Å²) in [6.45, 7) is 8.31. The summed E-state index contributed by atoms with van der Waals surface area (Å²) in [5, 5.41) is 15.6. The predicted octanol–water partition coefficient (Wildman–Crippen LogP) is 8.70. The van der Waals surface area contributed by atoms with Crippen LogP contribution in [-0.2, 0) is 31.3 Å². The van der Waals surface area contributed by atoms with Crippen molar-refractivity contribution in [1.82, 2.24) is 23.9 Å². The molecule has 13 heteroatoms. The van der Waals surface area contributed by atoms with Gasteiger partial charge in [0.15, 0.2) is 6.29 Å². The van der Waals surface area contributed by atoms with Crippen molar-refractivity contribution in [3.8, 4) is 17.3 Å². The van der Waals surface area contributed by atoms with Gasteiger partial charge in [0.25, 0.3) is 5.91 Å². The minimum atomic E-state index is -0.223. The summed E-state index contributed by atoms with van der Waals surface area (Å²) >= 11 is 8.54. The van der Waals surface area contributed by atoms with Crippen LogP contribution in [0, 0.1) is 18.3 Å². The molecule has 0 spiro atoms. The first-order valence-corrected chi connectivity index (χ1v) is 23.3. The molecule has 10 nitrogen and oxygen atoms in total. The number of amides is 1. The highest BCUT2D eigenvalue weighted by Crippen LogP contribution is 2.34. The van der Waals surface area contributed by atoms with Gasteiger partial charge in [-0.15, -0.1) is 0 Å². The van der Waals surface area contributed by atoms with Crippen LogP contribution in [0.2, 0.25) is 5.02 Å². The summed E-state index contributed by atoms with van der Waals surface area (Å²) in [6, 6.07) is 31.7. The van der Waals surface area contributed by atoms with Crippen LogP contribution in [0.1, 0.15) is 48.7 Å². The highest BCUT2D eigenvalue weighted by atomic mass is 127. The van der Waals surface area contributed by atoms with Crippen LogP contribution in [0.4, 0.5) is 5.69 Å². The number of carbonyl (C=O) groups is 2. The van der Waals surface area contributed by atoms with Gasteiger partial charge in [0.05, 0.1) is 55.0 Å². The van der Waals surface area contributed by atoms with E-state index < -0.39 is 0 Å². The molecule has 0 aliphatic carbocycles. The second-order valence-electron chi connectivity index (χ2n) is 14.4. The van der Waals surface area contributed by atoms with Gasteiger partial charge in [-0.2, -0.15) is 10.4 Å². The number of aromatic nitrogens is 3. The van der Waals surface area contributed by atoms with Crippen molar-refractivity contribution >= 4 is 68.8 Å². The van der Waals surface area contributed by atoms with E-state index in [1.807, 2.05) is 59.4 Å². The number of rotatable bonds is 9. The van der Waals surface area contributed by atoms with Crippen LogP contribution in [0.5, 0.6) is 0 Å². The summed E-state index contributed by atoms with van der Waals surface area (Å²) in [6.07, 6.45) is 4.22. The molecule has 1 saturated heterocycles. The average Bonchev–Trinajstić information content (AvgIpc) is 3.79. The van der Waals surface area contributed by atoms with E-state index in [4.69, 9.17) is 16.3 Å². The summed E-state index contributed by atoms with van der Waals surface area (Å²) < 4.78 is 9.22. The molecule has 4 heterocycles. The third-order valence-electron chi connectivity index (χ3n) is 11.0. The average molecular weight is 912 g/mol. The van der Waals surface area contributed by atoms with Crippen LogP contribution >= 0.6 is 40.0 Å². The maximum atomic E-state index is 14.3. The zero-order valence-corrected chi connectivity index (χ0v) is 36.1. The van der Waals surface area contributed by atoms with Gasteiger partial charge >= 0.3 is 0 Å². The Bertz CT molecular complexity index is 2450. The Morgan fingerprint density at radius 1 is 1.04 bits per heavy atom. The van der Waals surface area contributed by atoms with Crippen molar-refractivity contribution in [2.24, 2.45) is 7.05 Å². The first kappa shape index (κ1) is 40.8. The Kier molecular flexibility index (Phi) is 13.2. The molecule has 6 aromatic rings. The molecule has 0 saturated carbocycles. The molecule has 2 atom stereocenters. The van der Waals surface area contributed by atoms with E-state index in [-0.39, 0.29) is 12.5 Å². The van der Waals surface area contributed by atoms with E-state index in [9.17, 15) is 14.9 Å². The second-order valence-corrected chi connectivity index (χ2v) is 16.9. The number of hydrogen-bond acceptors (Lipinski definition) is 7. The van der Waals surface area contributed by atoms with E-state index in [2.05, 4.69) is 74.3 Å². The molecule has 8 rings (SSSR count). The molecular formula is C44H44ClIN7O3P. The topological polar surface area (TPSA) is 99.6 Å². The lowest BCUT2D eigenvalue weighted by atomic mass is 9.94. The fraction of sp³-hybridized carbons (Fsp3) is 0.273. The molecule has 2 aliphatic rings. The summed E-state index contributed by atoms with van der Waals surface area (Å²) in [5.74, 6) is -0.223. The standard InChI is InChI=1S/C29H22ClIN5O2P.C15H22N2O/c1-18-25(13-28(34(18)2)26-12-23(30)8-7-21(26)17-37)29(38)35(16-20-6-4-3-5-19(20)14-32)24-9-10-27-22(11-24)15-33-36(27)39-31;1-16-11-14-5-3-2-4-13(14)10-15(16)12-17-6-8-18-9-7-17/h3-13,15,17,39H,16H2,1-2H3;2-5,15H,6-12H2,1H3. The number of nitriles is 1. The number of aldehydes is 1. The van der Waals surface area contributed by atoms with Gasteiger partial charge in [-0.05, 0) is 108 Å². The zero-order chi connectivity index (χ0) is 40.1. The van der Waals surface area contributed by atoms with E-state index >= 15 is 0 Å². The van der Waals surface area contributed by atoms with Gasteiger partial charge in [0.1, 0.15) is 0 Å². The Balaban J connectivity index is 0.000000229. The highest BCUT2D eigenvalue weighted by molar-refractivity contribution is 14.2. The number of likely N-dealkylation sites (N-methyl/N-ethyl adjacent to an activating group) is 1. The molecular weight excluding hydrogens is 868 g/mol. The minimum absolute atomic E-state index is 0.205. The molecule has 4 aromatic carbocycles. The number of carbonyl (C=O) groups excluding carboxylic acids is 2. The van der Waals surface area contributed by atoms with Gasteiger partial charge in [0.2, 0.25) is 0 Å². The van der Waals surface area contributed by atoms with Crippen LogP contribution in [0.15, 0.2) is 97.2 Å². The maximum Gasteiger partial charge on any atom is 0.260 e. The van der Waals surface area contributed by atoms with Gasteiger partial charge in [-0.3, -0.25) is 19.4 Å². The first-order chi connectivity index (χ1) is 27.7. The Hall–Kier alpha value is -4.41. The lowest BCUT2D eigenvalue weighted by Gasteiger charge is -2.38. The molecule has 57 heavy (non-hydrogen) atoms. The van der Waals surface area contributed by atoms with E-state index in [1.54, 1.807) is 41.4 Å². The van der Waals surface area contributed by atoms with Crippen LogP contribution in [0.25, 0.3) is 22.2 Å². The normalized spacial score (nSPS) is 15.9. The number of fused-ring (bicyclic) bond motifs is 2. The quantitative estimate of drug-likeness (QED) is 0.0814. The fourth-order valence-electron chi connectivity index (χ4n) is 7.65. The van der Waals surface area contributed by atoms with Crippen molar-refractivity contribution in [3.05, 3.63) is 141 Å². The summed E-state index contributed by atoms with van der Waals surface area (Å²) in [4.78, 5) is 32.8. The molecule has 0 bridgehead atoms. The van der Waals surface area contributed by atoms with Crippen molar-refractivity contribution in [2.75, 3.05) is 44.8 Å². The molecule has 2 aromatic heterocycles. The van der Waals surface area contributed by atoms with Gasteiger partial charge in [0, 0.05) is 77.9 Å². The molecule has 2 unspecified atom stereocenters. The smallest absolute Gasteiger partial charge is 0.260 e. The molecule has 0 radical (unpaired) electrons. The number of benzene rings is 4. The minimum Gasteiger partial charge on any atom is -0.379 e. The summed E-state index contributed by atoms with van der Waals surface area (Å²) in [7, 11) is 4.11. The van der Waals surface area contributed by atoms with Crippen molar-refractivity contribution in [3.63, 3.8) is 0 Å². The van der Waals surface area contributed by atoms with Crippen LogP contribution in [-0.4, -0.2) is 82.0 Å². The number of ether oxygens (including phenoxy) is 1. The Morgan fingerprint density at radius 3 is 2.54 bits per heavy atom. The zero-order valence-electron chi connectivity index (χ0n) is 32.2. The van der Waals surface area contributed by atoms with E-state index in [0.717, 1.165) is 61.3 Å². The van der Waals surface area contributed by atoms with Crippen molar-refractivity contribution in [2.45, 2.75) is 32.5 Å². The number of nitrogens with zero attached hydrogens (tertiary/aromatic N) is 7. The van der Waals surface area contributed by atoms with E-state index in [0.29, 0.717) is 51.1 Å². The SMILES string of the molecule is CN1Cc2ccccc2CC1CN1CCOCC1.Cc1c(C(=O)N(Cc2ccccc2C#N)c2ccc3c(cnn3PI)c2)cc(-c2cc(Cl)ccc2C=O)n1C. The van der Waals surface area contributed by atoms with E-state index in [1.165, 1.54) is 24.1 Å². The predicted molar refractivity (Wildman–Crippen MR) is 238 cm³/mol. The number of hydrogen-bond donors (Lipinski definition) is 0. The molecule has 1 amide bonds. The van der Waals surface area contributed by atoms with Gasteiger partial charge < -0.3 is 14.2 Å². The van der Waals surface area contributed by atoms with Crippen LogP contribution in [0.3, 0.4) is 0 Å². The Morgan fingerprint density at radius 2 is 1.79 bits per heavy atom. The van der Waals surface area contributed by atoms with Gasteiger partial charge in [-0.25, -0.2) is 4.45 Å². The van der Waals surface area contributed by atoms with Crippen molar-refractivity contribution < 1.29 is 14.3 Å². The Labute approximate surface area is 353 Å². The molecule has 292 valence electrons. The third kappa shape index (κ3) is 9.02. The maximum absolute atomic E-state index is 14.3. The second kappa shape index (κ2) is 18.5. The lowest BCUT2D eigenvalue weighted by molar-refractivity contribution is 0.0231. The molecule has 2 aliphatic heterocycles. The number of halogens is 2. The summed E-state index contributed by atoms with van der Waals surface area (Å²) in [5.41, 5.74) is 9.03. The third-order valence-corrected chi connectivity index (χ3v) is 13.2. The van der Waals surface area contributed by atoms with Crippen molar-refractivity contribution in [1.29, 1.82) is 5.26 Å². The van der Waals surface area contributed by atoms with Gasteiger partial charge in [-0.1, -0.05) is 54.1 Å². The lowest BCUT2D eigenvalue weighted by Crippen LogP contribution is -2.48. The first-order valence-electron chi connectivity index (χ1n) is 18.8. The molecule has 1 fully saturated rings. The number of anilines is 1. The fourth-order valence-corrected chi connectivity index (χ4v) is 9.37. The van der Waals surface area contributed by atoms with Crippen LogP contribution < -0.4 is 4.90 Å².